The standard InChI is InChI=1S/C14H20N2O2/c1-14(2)11(9-17)12(14)13(18)16(3)8-10-6-4-5-7-15-10/h4-7,11-12,17H,8-9H2,1-3H3/t11-,12-/m1/s1. The number of nitrogens with zero attached hydrogens (tertiary/aromatic N) is 2. The minimum Gasteiger partial charge on any atom is -0.396 e. The van der Waals surface area contributed by atoms with E-state index in [1.54, 1.807) is 18.1 Å². The molecule has 1 N–H and O–H groups in total. The first kappa shape index (κ1) is 13.0. The molecule has 0 aromatic carbocycles. The largest absolute Gasteiger partial charge is 0.396 e. The average Bonchev–Trinajstić information content (AvgIpc) is 2.91. The Hall–Kier alpha value is -1.42. The van der Waals surface area contributed by atoms with Crippen LogP contribution < -0.4 is 0 Å². The highest BCUT2D eigenvalue weighted by Gasteiger charge is 2.61. The van der Waals surface area contributed by atoms with Crippen LogP contribution in [0.25, 0.3) is 0 Å². The SMILES string of the molecule is CN(Cc1ccccn1)C(=O)[C@H]1[C@@H](CO)C1(C)C. The summed E-state index contributed by atoms with van der Waals surface area (Å²) in [6.45, 7) is 4.67. The van der Waals surface area contributed by atoms with E-state index in [0.717, 1.165) is 5.69 Å². The molecule has 1 aromatic rings. The van der Waals surface area contributed by atoms with Crippen LogP contribution in [0.5, 0.6) is 0 Å². The fourth-order valence-corrected chi connectivity index (χ4v) is 2.63. The molecule has 18 heavy (non-hydrogen) atoms. The van der Waals surface area contributed by atoms with E-state index in [9.17, 15) is 9.90 Å². The van der Waals surface area contributed by atoms with E-state index >= 15 is 0 Å². The molecule has 1 fully saturated rings. The zero-order valence-corrected chi connectivity index (χ0v) is 11.1. The van der Waals surface area contributed by atoms with Crippen LogP contribution in [-0.4, -0.2) is 34.6 Å². The van der Waals surface area contributed by atoms with Crippen LogP contribution in [0.4, 0.5) is 0 Å². The van der Waals surface area contributed by atoms with Gasteiger partial charge in [0.1, 0.15) is 0 Å². The Morgan fingerprint density at radius 1 is 1.50 bits per heavy atom. The van der Waals surface area contributed by atoms with E-state index in [1.165, 1.54) is 0 Å². The zero-order valence-electron chi connectivity index (χ0n) is 11.1. The quantitative estimate of drug-likeness (QED) is 0.874. The van der Waals surface area contributed by atoms with Crippen LogP contribution in [0.3, 0.4) is 0 Å². The second-order valence-electron chi connectivity index (χ2n) is 5.60. The maximum absolute atomic E-state index is 12.3. The Morgan fingerprint density at radius 2 is 2.22 bits per heavy atom. The van der Waals surface area contributed by atoms with Crippen molar-refractivity contribution in [3.8, 4) is 0 Å². The highest BCUT2D eigenvalue weighted by atomic mass is 16.3. The molecule has 0 aliphatic heterocycles. The van der Waals surface area contributed by atoms with Crippen molar-refractivity contribution in [1.82, 2.24) is 9.88 Å². The molecule has 2 atom stereocenters. The minimum absolute atomic E-state index is 0.0591. The van der Waals surface area contributed by atoms with E-state index in [-0.39, 0.29) is 29.8 Å². The van der Waals surface area contributed by atoms with Crippen molar-refractivity contribution in [2.75, 3.05) is 13.7 Å². The Morgan fingerprint density at radius 3 is 2.72 bits per heavy atom. The van der Waals surface area contributed by atoms with Crippen molar-refractivity contribution in [1.29, 1.82) is 0 Å². The molecule has 1 saturated carbocycles. The lowest BCUT2D eigenvalue weighted by Crippen LogP contribution is -2.29. The number of aliphatic hydroxyl groups excluding tert-OH is 1. The first-order chi connectivity index (χ1) is 8.48. The van der Waals surface area contributed by atoms with Crippen LogP contribution in [-0.2, 0) is 11.3 Å². The molecule has 4 heteroatoms. The first-order valence-corrected chi connectivity index (χ1v) is 6.24. The highest BCUT2D eigenvalue weighted by Crippen LogP contribution is 2.58. The molecule has 1 aromatic heterocycles. The smallest absolute Gasteiger partial charge is 0.226 e. The normalized spacial score (nSPS) is 24.7. The third-order valence-electron chi connectivity index (χ3n) is 4.01. The predicted molar refractivity (Wildman–Crippen MR) is 68.6 cm³/mol. The summed E-state index contributed by atoms with van der Waals surface area (Å²) in [6.07, 6.45) is 1.73. The second kappa shape index (κ2) is 4.69. The van der Waals surface area contributed by atoms with E-state index in [4.69, 9.17) is 0 Å². The van der Waals surface area contributed by atoms with Crippen LogP contribution >= 0.6 is 0 Å². The summed E-state index contributed by atoms with van der Waals surface area (Å²) in [5.74, 6) is 0.136. The lowest BCUT2D eigenvalue weighted by Gasteiger charge is -2.17. The summed E-state index contributed by atoms with van der Waals surface area (Å²) in [5.41, 5.74) is 0.803. The molecule has 0 bridgehead atoms. The summed E-state index contributed by atoms with van der Waals surface area (Å²) in [6, 6.07) is 5.68. The number of aliphatic hydroxyl groups is 1. The Balaban J connectivity index is 1.99. The van der Waals surface area contributed by atoms with Crippen molar-refractivity contribution in [2.24, 2.45) is 17.3 Å². The fraction of sp³-hybridized carbons (Fsp3) is 0.571. The first-order valence-electron chi connectivity index (χ1n) is 6.24. The topological polar surface area (TPSA) is 53.4 Å². The maximum Gasteiger partial charge on any atom is 0.226 e. The molecule has 0 radical (unpaired) electrons. The van der Waals surface area contributed by atoms with Gasteiger partial charge in [0.25, 0.3) is 0 Å². The Kier molecular flexibility index (Phi) is 3.39. The lowest BCUT2D eigenvalue weighted by atomic mass is 10.1. The molecular weight excluding hydrogens is 228 g/mol. The van der Waals surface area contributed by atoms with Crippen molar-refractivity contribution in [2.45, 2.75) is 20.4 Å². The van der Waals surface area contributed by atoms with Crippen molar-refractivity contribution in [3.05, 3.63) is 30.1 Å². The molecule has 0 spiro atoms. The van der Waals surface area contributed by atoms with Gasteiger partial charge < -0.3 is 10.0 Å². The van der Waals surface area contributed by atoms with Gasteiger partial charge in [-0.25, -0.2) is 0 Å². The van der Waals surface area contributed by atoms with Crippen LogP contribution in [0, 0.1) is 17.3 Å². The molecule has 0 saturated heterocycles. The zero-order chi connectivity index (χ0) is 13.3. The van der Waals surface area contributed by atoms with E-state index < -0.39 is 0 Å². The van der Waals surface area contributed by atoms with Crippen molar-refractivity contribution < 1.29 is 9.90 Å². The molecule has 98 valence electrons. The van der Waals surface area contributed by atoms with Crippen LogP contribution in [0.2, 0.25) is 0 Å². The van der Waals surface area contributed by atoms with E-state index in [2.05, 4.69) is 4.98 Å². The van der Waals surface area contributed by atoms with Crippen molar-refractivity contribution >= 4 is 5.91 Å². The number of hydrogen-bond acceptors (Lipinski definition) is 3. The van der Waals surface area contributed by atoms with Gasteiger partial charge in [0.2, 0.25) is 5.91 Å². The molecule has 4 nitrogen and oxygen atoms in total. The second-order valence-corrected chi connectivity index (χ2v) is 5.60. The Bertz CT molecular complexity index is 431. The number of rotatable bonds is 4. The predicted octanol–water partition coefficient (Wildman–Crippen LogP) is 1.30. The van der Waals surface area contributed by atoms with Gasteiger partial charge in [0, 0.05) is 25.8 Å². The fourth-order valence-electron chi connectivity index (χ4n) is 2.63. The molecule has 1 amide bonds. The third kappa shape index (κ3) is 2.25. The number of aromatic nitrogens is 1. The monoisotopic (exact) mass is 248 g/mol. The van der Waals surface area contributed by atoms with Gasteiger partial charge in [-0.2, -0.15) is 0 Å². The van der Waals surface area contributed by atoms with Crippen LogP contribution in [0.15, 0.2) is 24.4 Å². The van der Waals surface area contributed by atoms with E-state index in [1.807, 2.05) is 32.0 Å². The van der Waals surface area contributed by atoms with Gasteiger partial charge in [0.15, 0.2) is 0 Å². The number of carbonyl (C=O) groups is 1. The minimum atomic E-state index is -0.0792. The molecule has 1 aliphatic rings. The van der Waals surface area contributed by atoms with Gasteiger partial charge in [-0.05, 0) is 23.5 Å². The lowest BCUT2D eigenvalue weighted by molar-refractivity contribution is -0.132. The summed E-state index contributed by atoms with van der Waals surface area (Å²) in [5, 5.41) is 9.25. The summed E-state index contributed by atoms with van der Waals surface area (Å²) >= 11 is 0. The molecular formula is C14H20N2O2. The number of carbonyl (C=O) groups excluding carboxylic acids is 1. The molecule has 1 aliphatic carbocycles. The molecule has 2 rings (SSSR count). The van der Waals surface area contributed by atoms with Crippen molar-refractivity contribution in [3.63, 3.8) is 0 Å². The van der Waals surface area contributed by atoms with E-state index in [0.29, 0.717) is 6.54 Å². The average molecular weight is 248 g/mol. The number of amides is 1. The summed E-state index contributed by atoms with van der Waals surface area (Å²) < 4.78 is 0. The van der Waals surface area contributed by atoms with Gasteiger partial charge in [-0.15, -0.1) is 0 Å². The van der Waals surface area contributed by atoms with Crippen LogP contribution in [0.1, 0.15) is 19.5 Å². The Labute approximate surface area is 108 Å². The van der Waals surface area contributed by atoms with Gasteiger partial charge in [-0.1, -0.05) is 19.9 Å². The summed E-state index contributed by atoms with van der Waals surface area (Å²) in [7, 11) is 1.79. The summed E-state index contributed by atoms with van der Waals surface area (Å²) in [4.78, 5) is 18.2. The highest BCUT2D eigenvalue weighted by molar-refractivity contribution is 5.83. The van der Waals surface area contributed by atoms with Gasteiger partial charge in [-0.3, -0.25) is 9.78 Å². The molecule has 1 heterocycles. The third-order valence-corrected chi connectivity index (χ3v) is 4.01. The van der Waals surface area contributed by atoms with Gasteiger partial charge in [0.05, 0.1) is 12.2 Å². The number of hydrogen-bond donors (Lipinski definition) is 1. The maximum atomic E-state index is 12.3. The number of pyridine rings is 1. The van der Waals surface area contributed by atoms with Gasteiger partial charge >= 0.3 is 0 Å². The molecule has 0 unspecified atom stereocenters.